The van der Waals surface area contributed by atoms with E-state index in [2.05, 4.69) is 82.4 Å². The summed E-state index contributed by atoms with van der Waals surface area (Å²) in [5, 5.41) is 3.78. The lowest BCUT2D eigenvalue weighted by atomic mass is 9.97. The lowest BCUT2D eigenvalue weighted by Crippen LogP contribution is -2.24. The highest BCUT2D eigenvalue weighted by atomic mass is 14.9. The van der Waals surface area contributed by atoms with Gasteiger partial charge in [0.1, 0.15) is 0 Å². The molecule has 0 amide bonds. The Balaban J connectivity index is 2.15. The first-order valence-corrected chi connectivity index (χ1v) is 7.91. The summed E-state index contributed by atoms with van der Waals surface area (Å²) in [6.07, 6.45) is 1.10. The highest BCUT2D eigenvalue weighted by Crippen LogP contribution is 2.24. The number of rotatable bonds is 5. The molecule has 2 rings (SSSR count). The van der Waals surface area contributed by atoms with Gasteiger partial charge >= 0.3 is 0 Å². The first-order valence-electron chi connectivity index (χ1n) is 7.91. The van der Waals surface area contributed by atoms with E-state index in [4.69, 9.17) is 0 Å². The van der Waals surface area contributed by atoms with Gasteiger partial charge in [-0.25, -0.2) is 0 Å². The first-order chi connectivity index (χ1) is 10.0. The summed E-state index contributed by atoms with van der Waals surface area (Å²) in [7, 11) is 0. The molecule has 0 heterocycles. The van der Waals surface area contributed by atoms with Gasteiger partial charge in [-0.1, -0.05) is 60.5 Å². The van der Waals surface area contributed by atoms with Crippen molar-refractivity contribution in [1.82, 2.24) is 5.32 Å². The van der Waals surface area contributed by atoms with E-state index in [1.165, 1.54) is 27.8 Å². The molecule has 0 saturated carbocycles. The Labute approximate surface area is 129 Å². The number of hydrogen-bond donors (Lipinski definition) is 1. The molecule has 0 spiro atoms. The number of benzene rings is 2. The van der Waals surface area contributed by atoms with E-state index >= 15 is 0 Å². The minimum Gasteiger partial charge on any atom is -0.303 e. The predicted octanol–water partition coefficient (Wildman–Crippen LogP) is 5.41. The van der Waals surface area contributed by atoms with Crippen LogP contribution in [0.2, 0.25) is 0 Å². The molecule has 0 bridgehead atoms. The minimum absolute atomic E-state index is 0.358. The van der Waals surface area contributed by atoms with E-state index in [1.54, 1.807) is 0 Å². The maximum absolute atomic E-state index is 3.78. The Morgan fingerprint density at radius 1 is 0.905 bits per heavy atom. The molecular formula is C20H27N. The van der Waals surface area contributed by atoms with Crippen LogP contribution >= 0.6 is 0 Å². The molecule has 2 aromatic rings. The Hall–Kier alpha value is -1.60. The van der Waals surface area contributed by atoms with E-state index in [-0.39, 0.29) is 0 Å². The van der Waals surface area contributed by atoms with Crippen molar-refractivity contribution in [3.8, 4) is 0 Å². The fraction of sp³-hybridized carbons (Fsp3) is 0.400. The van der Waals surface area contributed by atoms with Gasteiger partial charge in [0.2, 0.25) is 0 Å². The third-order valence-electron chi connectivity index (χ3n) is 4.23. The highest BCUT2D eigenvalue weighted by molar-refractivity contribution is 5.33. The molecule has 0 fully saturated rings. The summed E-state index contributed by atoms with van der Waals surface area (Å²) in [6.45, 7) is 11.0. The van der Waals surface area contributed by atoms with Gasteiger partial charge in [-0.05, 0) is 50.8 Å². The largest absolute Gasteiger partial charge is 0.303 e. The van der Waals surface area contributed by atoms with E-state index in [9.17, 15) is 0 Å². The second-order valence-corrected chi connectivity index (χ2v) is 6.12. The molecule has 0 aliphatic rings. The maximum Gasteiger partial charge on any atom is 0.0323 e. The molecule has 2 unspecified atom stereocenters. The Kier molecular flexibility index (Phi) is 5.19. The van der Waals surface area contributed by atoms with Gasteiger partial charge in [-0.15, -0.1) is 0 Å². The predicted molar refractivity (Wildman–Crippen MR) is 91.7 cm³/mol. The van der Waals surface area contributed by atoms with Crippen LogP contribution in [0.4, 0.5) is 0 Å². The van der Waals surface area contributed by atoms with Crippen molar-refractivity contribution in [2.45, 2.75) is 53.1 Å². The molecular weight excluding hydrogens is 254 g/mol. The molecule has 0 aliphatic heterocycles. The second kappa shape index (κ2) is 6.91. The van der Waals surface area contributed by atoms with Crippen molar-refractivity contribution < 1.29 is 0 Å². The lowest BCUT2D eigenvalue weighted by Gasteiger charge is -2.24. The van der Waals surface area contributed by atoms with Crippen molar-refractivity contribution >= 4 is 0 Å². The molecule has 112 valence electrons. The second-order valence-electron chi connectivity index (χ2n) is 6.12. The number of aryl methyl sites for hydroxylation is 3. The van der Waals surface area contributed by atoms with Crippen LogP contribution < -0.4 is 5.32 Å². The first kappa shape index (κ1) is 15.8. The zero-order valence-electron chi connectivity index (χ0n) is 13.9. The molecule has 0 aromatic heterocycles. The normalized spacial score (nSPS) is 14.0. The zero-order chi connectivity index (χ0) is 15.4. The van der Waals surface area contributed by atoms with Crippen LogP contribution in [0, 0.1) is 20.8 Å². The van der Waals surface area contributed by atoms with Gasteiger partial charge in [0.25, 0.3) is 0 Å². The summed E-state index contributed by atoms with van der Waals surface area (Å²) >= 11 is 0. The topological polar surface area (TPSA) is 12.0 Å². The lowest BCUT2D eigenvalue weighted by molar-refractivity contribution is 0.455. The van der Waals surface area contributed by atoms with Crippen LogP contribution in [-0.2, 0) is 0 Å². The van der Waals surface area contributed by atoms with E-state index in [0.29, 0.717) is 12.1 Å². The van der Waals surface area contributed by atoms with Crippen LogP contribution in [0.3, 0.4) is 0 Å². The SMILES string of the molecule is CCC(NC(C)c1ccc(C)cc1C)c1ccc(C)cc1. The molecule has 1 N–H and O–H groups in total. The summed E-state index contributed by atoms with van der Waals surface area (Å²) in [6, 6.07) is 16.4. The van der Waals surface area contributed by atoms with Crippen molar-refractivity contribution in [2.75, 3.05) is 0 Å². The van der Waals surface area contributed by atoms with Gasteiger partial charge in [-0.2, -0.15) is 0 Å². The average molecular weight is 281 g/mol. The van der Waals surface area contributed by atoms with Crippen LogP contribution in [0.25, 0.3) is 0 Å². The Morgan fingerprint density at radius 3 is 2.10 bits per heavy atom. The number of nitrogens with one attached hydrogen (secondary N) is 1. The molecule has 1 heteroatoms. The van der Waals surface area contributed by atoms with Crippen LogP contribution in [0.1, 0.15) is 60.2 Å². The van der Waals surface area contributed by atoms with Crippen LogP contribution in [-0.4, -0.2) is 0 Å². The van der Waals surface area contributed by atoms with Gasteiger partial charge in [0, 0.05) is 12.1 Å². The smallest absolute Gasteiger partial charge is 0.0323 e. The standard InChI is InChI=1S/C20H27N/c1-6-20(18-10-7-14(2)8-11-18)21-17(5)19-12-9-15(3)13-16(19)4/h7-13,17,20-21H,6H2,1-5H3. The van der Waals surface area contributed by atoms with Crippen LogP contribution in [0.5, 0.6) is 0 Å². The highest BCUT2D eigenvalue weighted by Gasteiger charge is 2.15. The summed E-state index contributed by atoms with van der Waals surface area (Å²) in [4.78, 5) is 0. The van der Waals surface area contributed by atoms with Gasteiger partial charge < -0.3 is 5.32 Å². The number of hydrogen-bond acceptors (Lipinski definition) is 1. The van der Waals surface area contributed by atoms with Crippen LogP contribution in [0.15, 0.2) is 42.5 Å². The molecule has 2 atom stereocenters. The van der Waals surface area contributed by atoms with Crippen molar-refractivity contribution in [2.24, 2.45) is 0 Å². The molecule has 21 heavy (non-hydrogen) atoms. The average Bonchev–Trinajstić information content (AvgIpc) is 2.45. The third-order valence-corrected chi connectivity index (χ3v) is 4.23. The molecule has 0 radical (unpaired) electrons. The van der Waals surface area contributed by atoms with Crippen molar-refractivity contribution in [3.05, 3.63) is 70.3 Å². The fourth-order valence-electron chi connectivity index (χ4n) is 2.95. The fourth-order valence-corrected chi connectivity index (χ4v) is 2.95. The molecule has 1 nitrogen and oxygen atoms in total. The van der Waals surface area contributed by atoms with E-state index in [0.717, 1.165) is 6.42 Å². The van der Waals surface area contributed by atoms with Gasteiger partial charge in [-0.3, -0.25) is 0 Å². The Bertz CT molecular complexity index is 583. The zero-order valence-corrected chi connectivity index (χ0v) is 13.9. The van der Waals surface area contributed by atoms with E-state index < -0.39 is 0 Å². The third kappa shape index (κ3) is 3.95. The summed E-state index contributed by atoms with van der Waals surface area (Å²) in [5.41, 5.74) is 6.78. The quantitative estimate of drug-likeness (QED) is 0.772. The monoisotopic (exact) mass is 281 g/mol. The maximum atomic E-state index is 3.78. The molecule has 2 aromatic carbocycles. The minimum atomic E-state index is 0.358. The molecule has 0 saturated heterocycles. The van der Waals surface area contributed by atoms with Crippen molar-refractivity contribution in [3.63, 3.8) is 0 Å². The summed E-state index contributed by atoms with van der Waals surface area (Å²) in [5.74, 6) is 0. The molecule has 0 aliphatic carbocycles. The van der Waals surface area contributed by atoms with Crippen molar-refractivity contribution in [1.29, 1.82) is 0 Å². The van der Waals surface area contributed by atoms with Gasteiger partial charge in [0.15, 0.2) is 0 Å². The van der Waals surface area contributed by atoms with E-state index in [1.807, 2.05) is 0 Å². The van der Waals surface area contributed by atoms with Gasteiger partial charge in [0.05, 0.1) is 0 Å². The summed E-state index contributed by atoms with van der Waals surface area (Å²) < 4.78 is 0. The Morgan fingerprint density at radius 2 is 1.52 bits per heavy atom.